The number of carboxylic acids is 1. The average molecular weight is 184 g/mol. The fourth-order valence-corrected chi connectivity index (χ4v) is 1.50. The summed E-state index contributed by atoms with van der Waals surface area (Å²) in [5.74, 6) is -2.04. The van der Waals surface area contributed by atoms with Crippen LogP contribution in [-0.2, 0) is 14.3 Å². The molecule has 0 aromatic carbocycles. The standard InChI is InChI=1S/C9H12O4/c1-13-9(12)7-5-3-2-4-6(7)8(10)11/h4,7H,2-3,5H2,1H3,(H,10,11). The van der Waals surface area contributed by atoms with Crippen molar-refractivity contribution in [3.8, 4) is 0 Å². The van der Waals surface area contributed by atoms with E-state index in [9.17, 15) is 9.59 Å². The number of hydrogen-bond donors (Lipinski definition) is 1. The van der Waals surface area contributed by atoms with Crippen LogP contribution in [0.15, 0.2) is 11.6 Å². The highest BCUT2D eigenvalue weighted by molar-refractivity contribution is 5.94. The van der Waals surface area contributed by atoms with Crippen LogP contribution < -0.4 is 0 Å². The van der Waals surface area contributed by atoms with Gasteiger partial charge in [-0.3, -0.25) is 4.79 Å². The molecule has 1 aliphatic rings. The molecule has 4 heteroatoms. The first-order chi connectivity index (χ1) is 6.16. The Morgan fingerprint density at radius 2 is 2.31 bits per heavy atom. The summed E-state index contributed by atoms with van der Waals surface area (Å²) in [5, 5.41) is 8.78. The van der Waals surface area contributed by atoms with Gasteiger partial charge < -0.3 is 9.84 Å². The van der Waals surface area contributed by atoms with E-state index in [0.717, 1.165) is 12.8 Å². The smallest absolute Gasteiger partial charge is 0.332 e. The van der Waals surface area contributed by atoms with Gasteiger partial charge in [-0.25, -0.2) is 4.79 Å². The zero-order valence-electron chi connectivity index (χ0n) is 7.45. The molecule has 13 heavy (non-hydrogen) atoms. The Kier molecular flexibility index (Phi) is 3.06. The molecule has 0 aromatic rings. The number of hydrogen-bond acceptors (Lipinski definition) is 3. The zero-order chi connectivity index (χ0) is 9.84. The van der Waals surface area contributed by atoms with Crippen LogP contribution in [0.25, 0.3) is 0 Å². The van der Waals surface area contributed by atoms with Crippen molar-refractivity contribution in [2.75, 3.05) is 7.11 Å². The molecule has 1 rings (SSSR count). The molecule has 0 spiro atoms. The summed E-state index contributed by atoms with van der Waals surface area (Å²) in [5.41, 5.74) is 0.179. The maximum absolute atomic E-state index is 11.2. The predicted molar refractivity (Wildman–Crippen MR) is 45.1 cm³/mol. The lowest BCUT2D eigenvalue weighted by Crippen LogP contribution is -2.24. The molecular weight excluding hydrogens is 172 g/mol. The van der Waals surface area contributed by atoms with Crippen molar-refractivity contribution in [1.82, 2.24) is 0 Å². The van der Waals surface area contributed by atoms with Gasteiger partial charge in [0.25, 0.3) is 0 Å². The summed E-state index contributed by atoms with van der Waals surface area (Å²) in [6.07, 6.45) is 3.75. The third-order valence-electron chi connectivity index (χ3n) is 2.17. The number of esters is 1. The molecule has 1 aliphatic carbocycles. The number of carboxylic acid groups (broad SMARTS) is 1. The van der Waals surface area contributed by atoms with E-state index < -0.39 is 17.9 Å². The van der Waals surface area contributed by atoms with Crippen molar-refractivity contribution in [3.05, 3.63) is 11.6 Å². The molecule has 0 aromatic heterocycles. The highest BCUT2D eigenvalue weighted by Gasteiger charge is 2.29. The lowest BCUT2D eigenvalue weighted by atomic mass is 9.88. The average Bonchev–Trinajstić information content (AvgIpc) is 2.16. The fraction of sp³-hybridized carbons (Fsp3) is 0.556. The number of rotatable bonds is 2. The van der Waals surface area contributed by atoms with Gasteiger partial charge >= 0.3 is 11.9 Å². The fourth-order valence-electron chi connectivity index (χ4n) is 1.50. The van der Waals surface area contributed by atoms with Crippen molar-refractivity contribution in [2.24, 2.45) is 5.92 Å². The van der Waals surface area contributed by atoms with Gasteiger partial charge in [-0.2, -0.15) is 0 Å². The maximum atomic E-state index is 11.2. The second-order valence-corrected chi connectivity index (χ2v) is 2.97. The van der Waals surface area contributed by atoms with Gasteiger partial charge in [0, 0.05) is 5.57 Å². The lowest BCUT2D eigenvalue weighted by Gasteiger charge is -2.18. The second-order valence-electron chi connectivity index (χ2n) is 2.97. The van der Waals surface area contributed by atoms with Crippen LogP contribution in [0.1, 0.15) is 19.3 Å². The zero-order valence-corrected chi connectivity index (χ0v) is 7.45. The molecule has 1 atom stereocenters. The number of carbonyl (C=O) groups is 2. The number of methoxy groups -OCH3 is 1. The molecule has 0 radical (unpaired) electrons. The summed E-state index contributed by atoms with van der Waals surface area (Å²) >= 11 is 0. The first-order valence-corrected chi connectivity index (χ1v) is 4.18. The van der Waals surface area contributed by atoms with Crippen LogP contribution in [-0.4, -0.2) is 24.2 Å². The Morgan fingerprint density at radius 3 is 2.85 bits per heavy atom. The van der Waals surface area contributed by atoms with Crippen LogP contribution in [0.4, 0.5) is 0 Å². The summed E-state index contributed by atoms with van der Waals surface area (Å²) < 4.78 is 4.53. The van der Waals surface area contributed by atoms with E-state index in [4.69, 9.17) is 5.11 Å². The third-order valence-corrected chi connectivity index (χ3v) is 2.17. The molecule has 0 heterocycles. The maximum Gasteiger partial charge on any atom is 0.332 e. The van der Waals surface area contributed by atoms with Gasteiger partial charge in [0.2, 0.25) is 0 Å². The molecule has 4 nitrogen and oxygen atoms in total. The van der Waals surface area contributed by atoms with Crippen molar-refractivity contribution < 1.29 is 19.4 Å². The Morgan fingerprint density at radius 1 is 1.62 bits per heavy atom. The van der Waals surface area contributed by atoms with E-state index >= 15 is 0 Å². The van der Waals surface area contributed by atoms with Crippen LogP contribution in [0, 0.1) is 5.92 Å². The molecule has 1 unspecified atom stereocenters. The molecule has 0 saturated carbocycles. The van der Waals surface area contributed by atoms with Crippen molar-refractivity contribution in [1.29, 1.82) is 0 Å². The Balaban J connectivity index is 2.82. The molecule has 0 amide bonds. The quantitative estimate of drug-likeness (QED) is 0.649. The van der Waals surface area contributed by atoms with Gasteiger partial charge in [0.05, 0.1) is 13.0 Å². The number of ether oxygens (including phenoxy) is 1. The summed E-state index contributed by atoms with van der Waals surface area (Å²) in [6.45, 7) is 0. The largest absolute Gasteiger partial charge is 0.478 e. The Hall–Kier alpha value is -1.32. The molecular formula is C9H12O4. The van der Waals surface area contributed by atoms with E-state index in [1.807, 2.05) is 0 Å². The minimum atomic E-state index is -1.02. The van der Waals surface area contributed by atoms with Gasteiger partial charge in [-0.15, -0.1) is 0 Å². The Bertz CT molecular complexity index is 254. The minimum Gasteiger partial charge on any atom is -0.478 e. The Labute approximate surface area is 76.2 Å². The lowest BCUT2D eigenvalue weighted by molar-refractivity contribution is -0.147. The number of aliphatic carboxylic acids is 1. The highest BCUT2D eigenvalue weighted by Crippen LogP contribution is 2.25. The number of carbonyl (C=O) groups excluding carboxylic acids is 1. The summed E-state index contributed by atoms with van der Waals surface area (Å²) in [4.78, 5) is 21.9. The van der Waals surface area contributed by atoms with E-state index in [1.165, 1.54) is 7.11 Å². The molecule has 0 aliphatic heterocycles. The second kappa shape index (κ2) is 4.07. The predicted octanol–water partition coefficient (Wildman–Crippen LogP) is 0.970. The van der Waals surface area contributed by atoms with Crippen molar-refractivity contribution in [3.63, 3.8) is 0 Å². The van der Waals surface area contributed by atoms with Crippen LogP contribution >= 0.6 is 0 Å². The molecule has 72 valence electrons. The molecule has 0 fully saturated rings. The van der Waals surface area contributed by atoms with Gasteiger partial charge in [-0.05, 0) is 19.3 Å². The van der Waals surface area contributed by atoms with Crippen LogP contribution in [0.2, 0.25) is 0 Å². The van der Waals surface area contributed by atoms with E-state index in [-0.39, 0.29) is 5.57 Å². The summed E-state index contributed by atoms with van der Waals surface area (Å²) in [6, 6.07) is 0. The summed E-state index contributed by atoms with van der Waals surface area (Å²) in [7, 11) is 1.27. The molecule has 0 saturated heterocycles. The monoisotopic (exact) mass is 184 g/mol. The molecule has 1 N–H and O–H groups in total. The number of allylic oxidation sites excluding steroid dienone is 1. The van der Waals surface area contributed by atoms with E-state index in [0.29, 0.717) is 6.42 Å². The van der Waals surface area contributed by atoms with Gasteiger partial charge in [-0.1, -0.05) is 6.08 Å². The third kappa shape index (κ3) is 2.08. The highest BCUT2D eigenvalue weighted by atomic mass is 16.5. The van der Waals surface area contributed by atoms with Gasteiger partial charge in [0.1, 0.15) is 0 Å². The first kappa shape index (κ1) is 9.77. The normalized spacial score (nSPS) is 21.9. The topological polar surface area (TPSA) is 63.6 Å². The van der Waals surface area contributed by atoms with E-state index in [2.05, 4.69) is 4.74 Å². The first-order valence-electron chi connectivity index (χ1n) is 4.18. The van der Waals surface area contributed by atoms with Gasteiger partial charge in [0.15, 0.2) is 0 Å². The van der Waals surface area contributed by atoms with Crippen molar-refractivity contribution in [2.45, 2.75) is 19.3 Å². The minimum absolute atomic E-state index is 0.179. The van der Waals surface area contributed by atoms with Crippen LogP contribution in [0.5, 0.6) is 0 Å². The SMILES string of the molecule is COC(=O)C1CCCC=C1C(=O)O. The van der Waals surface area contributed by atoms with Crippen molar-refractivity contribution >= 4 is 11.9 Å². The molecule has 0 bridgehead atoms. The van der Waals surface area contributed by atoms with Crippen LogP contribution in [0.3, 0.4) is 0 Å². The van der Waals surface area contributed by atoms with E-state index in [1.54, 1.807) is 6.08 Å².